The zero-order valence-electron chi connectivity index (χ0n) is 12.3. The molecular weight excluding hydrogens is 274 g/mol. The number of aliphatic hydroxyl groups is 1. The summed E-state index contributed by atoms with van der Waals surface area (Å²) in [4.78, 5) is 15.0. The molecule has 1 heterocycles. The monoisotopic (exact) mass is 295 g/mol. The summed E-state index contributed by atoms with van der Waals surface area (Å²) < 4.78 is 10.8. The maximum atomic E-state index is 11.0. The number of aromatic nitrogens is 1. The SMILES string of the molecule is CCCCOC1CC(O)(c2cc(C(=O)O)cnc2OC)C1. The Kier molecular flexibility index (Phi) is 4.80. The van der Waals surface area contributed by atoms with Crippen LogP contribution in [0.25, 0.3) is 0 Å². The average molecular weight is 295 g/mol. The van der Waals surface area contributed by atoms with Gasteiger partial charge in [-0.05, 0) is 12.5 Å². The van der Waals surface area contributed by atoms with Crippen molar-refractivity contribution in [2.45, 2.75) is 44.3 Å². The van der Waals surface area contributed by atoms with Crippen LogP contribution in [-0.4, -0.2) is 41.0 Å². The fourth-order valence-electron chi connectivity index (χ4n) is 2.49. The Balaban J connectivity index is 2.11. The molecule has 1 aliphatic rings. The van der Waals surface area contributed by atoms with E-state index in [1.807, 2.05) is 0 Å². The van der Waals surface area contributed by atoms with Crippen LogP contribution in [0.5, 0.6) is 5.88 Å². The van der Waals surface area contributed by atoms with Gasteiger partial charge in [-0.15, -0.1) is 0 Å². The molecule has 6 nitrogen and oxygen atoms in total. The van der Waals surface area contributed by atoms with Crippen LogP contribution in [0, 0.1) is 0 Å². The van der Waals surface area contributed by atoms with E-state index >= 15 is 0 Å². The highest BCUT2D eigenvalue weighted by Crippen LogP contribution is 2.46. The van der Waals surface area contributed by atoms with Crippen molar-refractivity contribution in [2.24, 2.45) is 0 Å². The van der Waals surface area contributed by atoms with Gasteiger partial charge in [-0.3, -0.25) is 0 Å². The van der Waals surface area contributed by atoms with Gasteiger partial charge in [-0.2, -0.15) is 0 Å². The van der Waals surface area contributed by atoms with E-state index in [9.17, 15) is 9.90 Å². The molecule has 6 heteroatoms. The number of aromatic carboxylic acids is 1. The van der Waals surface area contributed by atoms with Crippen LogP contribution in [0.1, 0.15) is 48.5 Å². The van der Waals surface area contributed by atoms with Crippen LogP contribution in [0.15, 0.2) is 12.3 Å². The highest BCUT2D eigenvalue weighted by Gasteiger charge is 2.47. The third kappa shape index (κ3) is 3.33. The number of nitrogens with zero attached hydrogens (tertiary/aromatic N) is 1. The third-order valence-electron chi connectivity index (χ3n) is 3.77. The van der Waals surface area contributed by atoms with Gasteiger partial charge in [0, 0.05) is 31.2 Å². The third-order valence-corrected chi connectivity index (χ3v) is 3.77. The molecule has 0 bridgehead atoms. The Bertz CT molecular complexity index is 511. The highest BCUT2D eigenvalue weighted by molar-refractivity contribution is 5.87. The number of methoxy groups -OCH3 is 1. The van der Waals surface area contributed by atoms with Gasteiger partial charge < -0.3 is 19.7 Å². The van der Waals surface area contributed by atoms with E-state index in [-0.39, 0.29) is 17.5 Å². The first kappa shape index (κ1) is 15.7. The lowest BCUT2D eigenvalue weighted by atomic mass is 9.72. The van der Waals surface area contributed by atoms with E-state index < -0.39 is 11.6 Å². The molecule has 0 atom stereocenters. The molecule has 1 saturated carbocycles. The summed E-state index contributed by atoms with van der Waals surface area (Å²) >= 11 is 0. The van der Waals surface area contributed by atoms with E-state index in [1.54, 1.807) is 0 Å². The fraction of sp³-hybridized carbons (Fsp3) is 0.600. The van der Waals surface area contributed by atoms with E-state index in [4.69, 9.17) is 14.6 Å². The maximum absolute atomic E-state index is 11.0. The van der Waals surface area contributed by atoms with Crippen LogP contribution in [-0.2, 0) is 10.3 Å². The second-order valence-electron chi connectivity index (χ2n) is 5.37. The summed E-state index contributed by atoms with van der Waals surface area (Å²) in [6, 6.07) is 1.43. The van der Waals surface area contributed by atoms with Gasteiger partial charge in [-0.1, -0.05) is 13.3 Å². The van der Waals surface area contributed by atoms with Crippen LogP contribution >= 0.6 is 0 Å². The number of ether oxygens (including phenoxy) is 2. The largest absolute Gasteiger partial charge is 0.481 e. The molecule has 0 radical (unpaired) electrons. The Labute approximate surface area is 123 Å². The molecule has 21 heavy (non-hydrogen) atoms. The van der Waals surface area contributed by atoms with E-state index in [0.717, 1.165) is 12.8 Å². The standard InChI is InChI=1S/C15H21NO5/c1-3-4-5-21-11-7-15(19,8-11)12-6-10(14(17)18)9-16-13(12)20-2/h6,9,11,19H,3-5,7-8H2,1-2H3,(H,17,18). The highest BCUT2D eigenvalue weighted by atomic mass is 16.5. The first-order chi connectivity index (χ1) is 10.00. The van der Waals surface area contributed by atoms with Crippen LogP contribution in [0.3, 0.4) is 0 Å². The Morgan fingerprint density at radius 1 is 1.52 bits per heavy atom. The van der Waals surface area contributed by atoms with Gasteiger partial charge in [0.05, 0.1) is 24.4 Å². The molecule has 1 aromatic heterocycles. The molecule has 0 spiro atoms. The van der Waals surface area contributed by atoms with Crippen LogP contribution in [0.2, 0.25) is 0 Å². The van der Waals surface area contributed by atoms with Gasteiger partial charge in [0.25, 0.3) is 0 Å². The first-order valence-electron chi connectivity index (χ1n) is 7.12. The molecule has 1 aromatic rings. The van der Waals surface area contributed by atoms with Crippen molar-refractivity contribution >= 4 is 5.97 Å². The van der Waals surface area contributed by atoms with Gasteiger partial charge in [0.15, 0.2) is 0 Å². The van der Waals surface area contributed by atoms with Crippen molar-refractivity contribution in [3.8, 4) is 5.88 Å². The quantitative estimate of drug-likeness (QED) is 0.747. The molecule has 1 fully saturated rings. The van der Waals surface area contributed by atoms with Gasteiger partial charge in [0.1, 0.15) is 0 Å². The molecular formula is C15H21NO5. The number of hydrogen-bond donors (Lipinski definition) is 2. The summed E-state index contributed by atoms with van der Waals surface area (Å²) in [6.45, 7) is 2.77. The summed E-state index contributed by atoms with van der Waals surface area (Å²) in [5.74, 6) is -0.820. The van der Waals surface area contributed by atoms with Gasteiger partial charge in [0.2, 0.25) is 5.88 Å². The summed E-state index contributed by atoms with van der Waals surface area (Å²) in [6.07, 6.45) is 4.14. The molecule has 116 valence electrons. The molecule has 0 amide bonds. The van der Waals surface area contributed by atoms with Crippen molar-refractivity contribution < 1.29 is 24.5 Å². The number of carboxylic acid groups (broad SMARTS) is 1. The van der Waals surface area contributed by atoms with E-state index in [2.05, 4.69) is 11.9 Å². The lowest BCUT2D eigenvalue weighted by molar-refractivity contribution is -0.146. The van der Waals surface area contributed by atoms with Crippen molar-refractivity contribution in [1.29, 1.82) is 0 Å². The second kappa shape index (κ2) is 6.41. The van der Waals surface area contributed by atoms with Gasteiger partial charge >= 0.3 is 5.97 Å². The van der Waals surface area contributed by atoms with Crippen molar-refractivity contribution in [3.63, 3.8) is 0 Å². The minimum Gasteiger partial charge on any atom is -0.481 e. The minimum absolute atomic E-state index is 0.000240. The van der Waals surface area contributed by atoms with Crippen LogP contribution in [0.4, 0.5) is 0 Å². The average Bonchev–Trinajstić information content (AvgIpc) is 2.44. The second-order valence-corrected chi connectivity index (χ2v) is 5.37. The van der Waals surface area contributed by atoms with Crippen molar-refractivity contribution in [1.82, 2.24) is 4.98 Å². The lowest BCUT2D eigenvalue weighted by Gasteiger charge is -2.43. The molecule has 1 aliphatic carbocycles. The number of hydrogen-bond acceptors (Lipinski definition) is 5. The molecule has 0 aromatic carbocycles. The Morgan fingerprint density at radius 3 is 2.81 bits per heavy atom. The Hall–Kier alpha value is -1.66. The zero-order valence-corrected chi connectivity index (χ0v) is 12.3. The number of rotatable bonds is 7. The topological polar surface area (TPSA) is 88.9 Å². The number of carbonyl (C=O) groups is 1. The maximum Gasteiger partial charge on any atom is 0.337 e. The summed E-state index contributed by atoms with van der Waals surface area (Å²) in [5, 5.41) is 19.7. The molecule has 2 N–H and O–H groups in total. The lowest BCUT2D eigenvalue weighted by Crippen LogP contribution is -2.46. The number of pyridine rings is 1. The summed E-state index contributed by atoms with van der Waals surface area (Å²) in [5.41, 5.74) is -0.671. The smallest absolute Gasteiger partial charge is 0.337 e. The van der Waals surface area contributed by atoms with Gasteiger partial charge in [-0.25, -0.2) is 9.78 Å². The molecule has 2 rings (SSSR count). The normalized spacial score (nSPS) is 24.4. The van der Waals surface area contributed by atoms with E-state index in [0.29, 0.717) is 25.0 Å². The fourth-order valence-corrected chi connectivity index (χ4v) is 2.49. The van der Waals surface area contributed by atoms with Crippen molar-refractivity contribution in [2.75, 3.05) is 13.7 Å². The molecule has 0 saturated heterocycles. The number of unbranched alkanes of at least 4 members (excludes halogenated alkanes) is 1. The Morgan fingerprint density at radius 2 is 2.24 bits per heavy atom. The van der Waals surface area contributed by atoms with E-state index in [1.165, 1.54) is 19.4 Å². The zero-order chi connectivity index (χ0) is 15.5. The predicted octanol–water partition coefficient (Wildman–Crippen LogP) is 1.96. The van der Waals surface area contributed by atoms with Crippen molar-refractivity contribution in [3.05, 3.63) is 23.4 Å². The summed E-state index contributed by atoms with van der Waals surface area (Å²) in [7, 11) is 1.45. The first-order valence-corrected chi connectivity index (χ1v) is 7.12. The predicted molar refractivity (Wildman–Crippen MR) is 75.5 cm³/mol. The molecule has 0 aliphatic heterocycles. The number of carboxylic acids is 1. The minimum atomic E-state index is -1.12. The molecule has 0 unspecified atom stereocenters. The van der Waals surface area contributed by atoms with Crippen LogP contribution < -0.4 is 4.74 Å².